The van der Waals surface area contributed by atoms with Gasteiger partial charge in [-0.15, -0.1) is 0 Å². The van der Waals surface area contributed by atoms with Gasteiger partial charge in [0.1, 0.15) is 4.90 Å². The van der Waals surface area contributed by atoms with Gasteiger partial charge in [0, 0.05) is 18.6 Å². The molecule has 0 amide bonds. The number of nitrogens with zero attached hydrogens (tertiary/aromatic N) is 1. The molecule has 1 aromatic carbocycles. The van der Waals surface area contributed by atoms with E-state index in [1.54, 1.807) is 12.2 Å². The van der Waals surface area contributed by atoms with Crippen molar-refractivity contribution in [3.05, 3.63) is 40.9 Å². The summed E-state index contributed by atoms with van der Waals surface area (Å²) in [5.74, 6) is -0.0286. The Morgan fingerprint density at radius 1 is 1.45 bits per heavy atom. The summed E-state index contributed by atoms with van der Waals surface area (Å²) in [7, 11) is -3.76. The average Bonchev–Trinajstić information content (AvgIpc) is 2.85. The van der Waals surface area contributed by atoms with Crippen LogP contribution < -0.4 is 4.72 Å². The molecule has 1 aliphatic carbocycles. The second-order valence-corrected chi connectivity index (χ2v) is 6.64. The van der Waals surface area contributed by atoms with Gasteiger partial charge in [0.25, 0.3) is 0 Å². The fraction of sp³-hybridized carbons (Fsp3) is 0.308. The Kier molecular flexibility index (Phi) is 4.45. The third-order valence-electron chi connectivity index (χ3n) is 3.06. The van der Waals surface area contributed by atoms with Crippen LogP contribution >= 0.6 is 11.6 Å². The highest BCUT2D eigenvalue weighted by atomic mass is 35.5. The van der Waals surface area contributed by atoms with E-state index in [-0.39, 0.29) is 28.5 Å². The molecule has 0 aliphatic heterocycles. The minimum absolute atomic E-state index is 0.00759. The first-order valence-electron chi connectivity index (χ1n) is 5.97. The third kappa shape index (κ3) is 3.19. The zero-order chi connectivity index (χ0) is 14.8. The van der Waals surface area contributed by atoms with Crippen LogP contribution in [0.25, 0.3) is 0 Å². The van der Waals surface area contributed by atoms with Gasteiger partial charge in [0.05, 0.1) is 16.7 Å². The first kappa shape index (κ1) is 15.0. The lowest BCUT2D eigenvalue weighted by Gasteiger charge is -2.14. The second-order valence-electron chi connectivity index (χ2n) is 4.55. The predicted molar refractivity (Wildman–Crippen MR) is 74.6 cm³/mol. The van der Waals surface area contributed by atoms with E-state index in [1.807, 2.05) is 6.07 Å². The number of rotatable bonds is 4. The van der Waals surface area contributed by atoms with E-state index < -0.39 is 10.0 Å². The number of nitrogens with one attached hydrogen (secondary N) is 1. The third-order valence-corrected chi connectivity index (χ3v) is 5.04. The first-order chi connectivity index (χ1) is 9.46. The van der Waals surface area contributed by atoms with Gasteiger partial charge < -0.3 is 5.11 Å². The van der Waals surface area contributed by atoms with E-state index >= 15 is 0 Å². The van der Waals surface area contributed by atoms with Crippen LogP contribution in [-0.2, 0) is 10.0 Å². The molecule has 0 aromatic heterocycles. The van der Waals surface area contributed by atoms with Gasteiger partial charge >= 0.3 is 0 Å². The monoisotopic (exact) mass is 312 g/mol. The fourth-order valence-corrected chi connectivity index (χ4v) is 3.80. The smallest absolute Gasteiger partial charge is 0.242 e. The van der Waals surface area contributed by atoms with Crippen LogP contribution in [0, 0.1) is 17.2 Å². The summed E-state index contributed by atoms with van der Waals surface area (Å²) >= 11 is 5.91. The summed E-state index contributed by atoms with van der Waals surface area (Å²) in [6.07, 6.45) is 4.02. The van der Waals surface area contributed by atoms with Crippen LogP contribution in [-0.4, -0.2) is 26.2 Å². The van der Waals surface area contributed by atoms with Crippen LogP contribution in [0.3, 0.4) is 0 Å². The quantitative estimate of drug-likeness (QED) is 0.823. The van der Waals surface area contributed by atoms with Crippen LogP contribution in [0.5, 0.6) is 0 Å². The molecule has 0 fully saturated rings. The topological polar surface area (TPSA) is 90.2 Å². The highest BCUT2D eigenvalue weighted by molar-refractivity contribution is 7.89. The molecule has 7 heteroatoms. The molecule has 1 aliphatic rings. The van der Waals surface area contributed by atoms with Gasteiger partial charge in [-0.2, -0.15) is 5.26 Å². The lowest BCUT2D eigenvalue weighted by atomic mass is 10.1. The molecule has 0 radical (unpaired) electrons. The molecular weight excluding hydrogens is 300 g/mol. The highest BCUT2D eigenvalue weighted by Gasteiger charge is 2.25. The maximum atomic E-state index is 12.2. The van der Waals surface area contributed by atoms with E-state index in [4.69, 9.17) is 22.0 Å². The van der Waals surface area contributed by atoms with Crippen LogP contribution in [0.1, 0.15) is 12.0 Å². The molecule has 0 unspecified atom stereocenters. The van der Waals surface area contributed by atoms with E-state index in [2.05, 4.69) is 4.72 Å². The van der Waals surface area contributed by atoms with Crippen molar-refractivity contribution in [2.24, 2.45) is 5.92 Å². The van der Waals surface area contributed by atoms with Gasteiger partial charge in [-0.1, -0.05) is 23.8 Å². The molecule has 0 spiro atoms. The van der Waals surface area contributed by atoms with Crippen LogP contribution in [0.15, 0.2) is 35.2 Å². The number of sulfonamides is 1. The zero-order valence-corrected chi connectivity index (χ0v) is 12.0. The van der Waals surface area contributed by atoms with Gasteiger partial charge in [-0.25, -0.2) is 13.1 Å². The molecule has 0 bridgehead atoms. The number of aliphatic hydroxyl groups excluding tert-OH is 1. The lowest BCUT2D eigenvalue weighted by Crippen LogP contribution is -2.33. The Bertz CT molecular complexity index is 679. The maximum Gasteiger partial charge on any atom is 0.242 e. The van der Waals surface area contributed by atoms with Crippen molar-refractivity contribution in [3.8, 4) is 6.07 Å². The van der Waals surface area contributed by atoms with Crippen molar-refractivity contribution < 1.29 is 13.5 Å². The van der Waals surface area contributed by atoms with Gasteiger partial charge in [-0.3, -0.25) is 0 Å². The number of hydrogen-bond donors (Lipinski definition) is 2. The molecule has 1 aromatic rings. The highest BCUT2D eigenvalue weighted by Crippen LogP contribution is 2.24. The molecule has 2 atom stereocenters. The second kappa shape index (κ2) is 5.94. The number of aliphatic hydroxyl groups is 1. The number of nitriles is 1. The summed E-state index contributed by atoms with van der Waals surface area (Å²) in [6, 6.07) is 5.57. The Morgan fingerprint density at radius 3 is 2.75 bits per heavy atom. The Morgan fingerprint density at radius 2 is 2.20 bits per heavy atom. The first-order valence-corrected chi connectivity index (χ1v) is 7.83. The molecule has 0 saturated heterocycles. The molecule has 106 valence electrons. The number of halogens is 1. The van der Waals surface area contributed by atoms with Crippen molar-refractivity contribution in [2.75, 3.05) is 6.61 Å². The maximum absolute atomic E-state index is 12.2. The van der Waals surface area contributed by atoms with Crippen molar-refractivity contribution in [3.63, 3.8) is 0 Å². The number of hydrogen-bond acceptors (Lipinski definition) is 4. The van der Waals surface area contributed by atoms with Crippen molar-refractivity contribution >= 4 is 21.6 Å². The average molecular weight is 313 g/mol. The molecule has 2 rings (SSSR count). The Balaban J connectivity index is 2.20. The lowest BCUT2D eigenvalue weighted by molar-refractivity contribution is 0.248. The normalized spacial score (nSPS) is 21.9. The van der Waals surface area contributed by atoms with E-state index in [0.717, 1.165) is 0 Å². The molecule has 5 nitrogen and oxygen atoms in total. The summed E-state index contributed by atoms with van der Waals surface area (Å²) in [5, 5.41) is 17.8. The van der Waals surface area contributed by atoms with E-state index in [1.165, 1.54) is 18.2 Å². The van der Waals surface area contributed by atoms with Crippen LogP contribution in [0.2, 0.25) is 5.02 Å². The van der Waals surface area contributed by atoms with E-state index in [0.29, 0.717) is 12.0 Å². The molecular formula is C13H13ClN2O3S. The Labute approximate surface area is 122 Å². The molecule has 2 N–H and O–H groups in total. The minimum atomic E-state index is -3.76. The summed E-state index contributed by atoms with van der Waals surface area (Å²) in [5.41, 5.74) is 0.301. The molecule has 0 saturated carbocycles. The van der Waals surface area contributed by atoms with Crippen molar-refractivity contribution in [2.45, 2.75) is 17.4 Å². The van der Waals surface area contributed by atoms with Crippen molar-refractivity contribution in [1.82, 2.24) is 4.72 Å². The predicted octanol–water partition coefficient (Wildman–Crippen LogP) is 1.43. The Hall–Kier alpha value is -1.39. The van der Waals surface area contributed by atoms with E-state index in [9.17, 15) is 8.42 Å². The zero-order valence-electron chi connectivity index (χ0n) is 10.5. The van der Waals surface area contributed by atoms with Gasteiger partial charge in [-0.05, 0) is 24.6 Å². The standard InChI is InChI=1S/C13H13ClN2O3S/c14-12-6-9(7-15)2-4-13(12)20(18,19)16-11-3-1-10(5-11)8-17/h1-4,6,10-11,16-17H,5,8H2/t10-,11+/m0/s1. The van der Waals surface area contributed by atoms with Crippen molar-refractivity contribution in [1.29, 1.82) is 5.26 Å². The summed E-state index contributed by atoms with van der Waals surface area (Å²) in [4.78, 5) is -0.0565. The van der Waals surface area contributed by atoms with Crippen LogP contribution in [0.4, 0.5) is 0 Å². The summed E-state index contributed by atoms with van der Waals surface area (Å²) < 4.78 is 27.0. The van der Waals surface area contributed by atoms with Gasteiger partial charge in [0.2, 0.25) is 10.0 Å². The van der Waals surface area contributed by atoms with Gasteiger partial charge in [0.15, 0.2) is 0 Å². The molecule has 20 heavy (non-hydrogen) atoms. The largest absolute Gasteiger partial charge is 0.396 e. The summed E-state index contributed by atoms with van der Waals surface area (Å²) in [6.45, 7) is -0.00759. The number of benzene rings is 1. The minimum Gasteiger partial charge on any atom is -0.396 e. The SMILES string of the molecule is N#Cc1ccc(S(=O)(=O)N[C@@H]2C=C[C@H](CO)C2)c(Cl)c1. The fourth-order valence-electron chi connectivity index (χ4n) is 2.05. The molecule has 0 heterocycles.